The Kier molecular flexibility index (Phi) is 9.67. The van der Waals surface area contributed by atoms with Crippen molar-refractivity contribution in [2.24, 2.45) is 5.41 Å². The number of hydrogen-bond donors (Lipinski definition) is 0. The Morgan fingerprint density at radius 2 is 1.05 bits per heavy atom. The van der Waals surface area contributed by atoms with Gasteiger partial charge in [-0.05, 0) is 160 Å². The Hall–Kier alpha value is -5.22. The van der Waals surface area contributed by atoms with Crippen molar-refractivity contribution in [3.8, 4) is 0 Å². The second-order valence-corrected chi connectivity index (χ2v) is 24.4. The predicted molar refractivity (Wildman–Crippen MR) is 283 cm³/mol. The zero-order valence-electron chi connectivity index (χ0n) is 42.2. The van der Waals surface area contributed by atoms with Crippen molar-refractivity contribution in [2.75, 3.05) is 14.7 Å². The van der Waals surface area contributed by atoms with E-state index < -0.39 is 0 Å². The van der Waals surface area contributed by atoms with Crippen molar-refractivity contribution in [1.29, 1.82) is 0 Å². The van der Waals surface area contributed by atoms with Crippen LogP contribution in [0.25, 0.3) is 0 Å². The summed E-state index contributed by atoms with van der Waals surface area (Å²) in [5.41, 5.74) is 22.5. The van der Waals surface area contributed by atoms with Crippen LogP contribution < -0.4 is 31.1 Å². The minimum absolute atomic E-state index is 0.0137. The standard InChI is InChI=1S/C61H72BN3/c1-39-34-53-55-54(35-39)64(49-30-24-42(36-40(49)2)57(6,7)8)51-31-25-43(58(9,10)11)37-48(51)62(55)47-29-28-45(38-52(47)63(53)44-26-22-41(23-27-44)56(3,4)5)65-50-21-17-16-20-46(50)59(12,13)60(14)32-18-19-33-61(60,65)15/h16-17,20-31,34-38H,18-19,32-33H2,1-15H3. The number of benzene rings is 6. The largest absolute Gasteiger partial charge is 0.335 e. The van der Waals surface area contributed by atoms with E-state index in [0.29, 0.717) is 0 Å². The van der Waals surface area contributed by atoms with Crippen LogP contribution in [-0.2, 0) is 21.7 Å². The molecule has 3 heterocycles. The van der Waals surface area contributed by atoms with Gasteiger partial charge in [-0.3, -0.25) is 0 Å². The maximum absolute atomic E-state index is 2.80. The molecule has 4 heteroatoms. The minimum Gasteiger partial charge on any atom is -0.335 e. The molecule has 1 saturated carbocycles. The molecule has 6 aromatic rings. The van der Waals surface area contributed by atoms with Crippen molar-refractivity contribution in [2.45, 2.75) is 157 Å². The lowest BCUT2D eigenvalue weighted by atomic mass is 9.33. The summed E-state index contributed by atoms with van der Waals surface area (Å²) in [6.07, 6.45) is 4.91. The SMILES string of the molecule is Cc1cc2c3c(c1)N(c1ccc(C(C)(C)C)cc1C)c1ccc(C(C)(C)C)cc1B3c1ccc(N3c4ccccc4C(C)(C)C4(C)CCCCC34C)cc1N2c1ccc(C(C)(C)C)cc1. The minimum atomic E-state index is -0.0766. The third kappa shape index (κ3) is 6.42. The van der Waals surface area contributed by atoms with E-state index in [0.717, 1.165) is 0 Å². The van der Waals surface area contributed by atoms with Crippen molar-refractivity contribution in [3.05, 3.63) is 149 Å². The fraction of sp³-hybridized carbons (Fsp3) is 0.410. The van der Waals surface area contributed by atoms with E-state index >= 15 is 0 Å². The fourth-order valence-corrected chi connectivity index (χ4v) is 12.8. The van der Waals surface area contributed by atoms with Gasteiger partial charge in [-0.1, -0.05) is 157 Å². The summed E-state index contributed by atoms with van der Waals surface area (Å²) in [7, 11) is 0. The van der Waals surface area contributed by atoms with Crippen LogP contribution in [0.2, 0.25) is 0 Å². The van der Waals surface area contributed by atoms with E-state index in [4.69, 9.17) is 0 Å². The average molecular weight is 858 g/mol. The van der Waals surface area contributed by atoms with Crippen LogP contribution in [0.4, 0.5) is 45.5 Å². The van der Waals surface area contributed by atoms with Crippen molar-refractivity contribution < 1.29 is 0 Å². The molecule has 6 aromatic carbocycles. The van der Waals surface area contributed by atoms with E-state index in [1.54, 1.807) is 0 Å². The molecule has 0 radical (unpaired) electrons. The van der Waals surface area contributed by atoms with Crippen LogP contribution in [0.15, 0.2) is 115 Å². The van der Waals surface area contributed by atoms with E-state index in [1.165, 1.54) is 121 Å². The Balaban J connectivity index is 1.28. The Morgan fingerprint density at radius 3 is 1.69 bits per heavy atom. The third-order valence-corrected chi connectivity index (χ3v) is 17.1. The lowest BCUT2D eigenvalue weighted by Crippen LogP contribution is -2.67. The summed E-state index contributed by atoms with van der Waals surface area (Å²) in [6.45, 7) is 35.9. The molecule has 1 fully saturated rings. The number of nitrogens with zero attached hydrogens (tertiary/aromatic N) is 3. The molecule has 0 spiro atoms. The van der Waals surface area contributed by atoms with Gasteiger partial charge in [0.05, 0.1) is 0 Å². The Morgan fingerprint density at radius 1 is 0.477 bits per heavy atom. The van der Waals surface area contributed by atoms with E-state index in [-0.39, 0.29) is 39.3 Å². The molecule has 334 valence electrons. The maximum Gasteiger partial charge on any atom is 0.252 e. The highest BCUT2D eigenvalue weighted by Crippen LogP contribution is 2.65. The smallest absolute Gasteiger partial charge is 0.252 e. The number of rotatable bonds is 3. The summed E-state index contributed by atoms with van der Waals surface area (Å²) < 4.78 is 0. The summed E-state index contributed by atoms with van der Waals surface area (Å²) in [4.78, 5) is 8.02. The monoisotopic (exact) mass is 858 g/mol. The Labute approximate surface area is 392 Å². The van der Waals surface area contributed by atoms with Crippen LogP contribution >= 0.6 is 0 Å². The van der Waals surface area contributed by atoms with Gasteiger partial charge in [-0.25, -0.2) is 0 Å². The molecule has 0 bridgehead atoms. The number of anilines is 8. The molecule has 10 rings (SSSR count). The predicted octanol–water partition coefficient (Wildman–Crippen LogP) is 15.0. The Bertz CT molecular complexity index is 2880. The summed E-state index contributed by atoms with van der Waals surface area (Å²) >= 11 is 0. The molecule has 65 heavy (non-hydrogen) atoms. The van der Waals surface area contributed by atoms with Gasteiger partial charge in [0.15, 0.2) is 0 Å². The molecule has 2 atom stereocenters. The lowest BCUT2D eigenvalue weighted by Gasteiger charge is -2.66. The maximum atomic E-state index is 2.80. The zero-order valence-corrected chi connectivity index (χ0v) is 42.2. The van der Waals surface area contributed by atoms with Gasteiger partial charge in [0.2, 0.25) is 0 Å². The quantitative estimate of drug-likeness (QED) is 0.164. The van der Waals surface area contributed by atoms with Gasteiger partial charge in [-0.15, -0.1) is 0 Å². The van der Waals surface area contributed by atoms with Crippen LogP contribution in [0.3, 0.4) is 0 Å². The first-order chi connectivity index (χ1) is 30.5. The van der Waals surface area contributed by atoms with Crippen LogP contribution in [-0.4, -0.2) is 12.3 Å². The molecular weight excluding hydrogens is 786 g/mol. The van der Waals surface area contributed by atoms with Gasteiger partial charge in [-0.2, -0.15) is 0 Å². The first-order valence-electron chi connectivity index (χ1n) is 24.6. The van der Waals surface area contributed by atoms with E-state index in [9.17, 15) is 0 Å². The van der Waals surface area contributed by atoms with E-state index in [2.05, 4.69) is 234 Å². The highest BCUT2D eigenvalue weighted by atomic mass is 15.2. The first kappa shape index (κ1) is 43.7. The number of aryl methyl sites for hydroxylation is 2. The molecule has 0 amide bonds. The van der Waals surface area contributed by atoms with E-state index in [1.807, 2.05) is 0 Å². The van der Waals surface area contributed by atoms with Gasteiger partial charge in [0.1, 0.15) is 0 Å². The second kappa shape index (κ2) is 14.4. The highest BCUT2D eigenvalue weighted by Gasteiger charge is 2.62. The normalized spacial score (nSPS) is 21.0. The molecule has 3 nitrogen and oxygen atoms in total. The highest BCUT2D eigenvalue weighted by molar-refractivity contribution is 7.00. The average Bonchev–Trinajstić information content (AvgIpc) is 3.23. The summed E-state index contributed by atoms with van der Waals surface area (Å²) in [6, 6.07) is 45.9. The summed E-state index contributed by atoms with van der Waals surface area (Å²) in [5, 5.41) is 0. The fourth-order valence-electron chi connectivity index (χ4n) is 12.8. The number of para-hydroxylation sites is 1. The zero-order chi connectivity index (χ0) is 46.4. The van der Waals surface area contributed by atoms with Crippen LogP contribution in [0.1, 0.15) is 149 Å². The molecule has 0 N–H and O–H groups in total. The number of hydrogen-bond acceptors (Lipinski definition) is 3. The second-order valence-electron chi connectivity index (χ2n) is 24.4. The van der Waals surface area contributed by atoms with Gasteiger partial charge >= 0.3 is 0 Å². The van der Waals surface area contributed by atoms with Gasteiger partial charge in [0, 0.05) is 56.5 Å². The van der Waals surface area contributed by atoms with Crippen molar-refractivity contribution in [1.82, 2.24) is 0 Å². The molecule has 0 aromatic heterocycles. The van der Waals surface area contributed by atoms with Gasteiger partial charge < -0.3 is 14.7 Å². The van der Waals surface area contributed by atoms with Crippen molar-refractivity contribution >= 4 is 68.6 Å². The number of fused-ring (bicyclic) bond motifs is 6. The third-order valence-electron chi connectivity index (χ3n) is 17.1. The molecular formula is C61H72BN3. The van der Waals surface area contributed by atoms with Crippen LogP contribution in [0, 0.1) is 19.3 Å². The molecule has 2 unspecified atom stereocenters. The lowest BCUT2D eigenvalue weighted by molar-refractivity contribution is 0.0106. The molecule has 1 aliphatic carbocycles. The van der Waals surface area contributed by atoms with Crippen LogP contribution in [0.5, 0.6) is 0 Å². The summed E-state index contributed by atoms with van der Waals surface area (Å²) in [5.74, 6) is 0. The molecule has 3 aliphatic heterocycles. The molecule has 0 saturated heterocycles. The molecule has 4 aliphatic rings. The topological polar surface area (TPSA) is 9.72 Å². The van der Waals surface area contributed by atoms with Gasteiger partial charge in [0.25, 0.3) is 6.71 Å². The van der Waals surface area contributed by atoms with Crippen molar-refractivity contribution in [3.63, 3.8) is 0 Å². The first-order valence-corrected chi connectivity index (χ1v) is 24.6.